The Morgan fingerprint density at radius 2 is 1.94 bits per heavy atom. The van der Waals surface area contributed by atoms with Crippen molar-refractivity contribution in [1.29, 1.82) is 0 Å². The van der Waals surface area contributed by atoms with Gasteiger partial charge in [-0.2, -0.15) is 0 Å². The number of benzene rings is 1. The van der Waals surface area contributed by atoms with Gasteiger partial charge in [0, 0.05) is 36.6 Å². The summed E-state index contributed by atoms with van der Waals surface area (Å²) in [6.07, 6.45) is 4.93. The first-order chi connectivity index (χ1) is 14.7. The van der Waals surface area contributed by atoms with Gasteiger partial charge in [0.15, 0.2) is 12.1 Å². The number of carbonyl (C=O) groups excluding carboxylic acids is 2. The fraction of sp³-hybridized carbons (Fsp3) is 0.560. The lowest BCUT2D eigenvalue weighted by molar-refractivity contribution is -0.133. The first-order valence-corrected chi connectivity index (χ1v) is 11.2. The standard InChI is InChI=1S/C25H35N3O3/c1-16(2)21(24(31)15-29)12-19-14-26-23-7-6-20(30)13-22(23)25(19)28-10-8-18(9-11-28)17(3)27(4)5/h6-7,13-18,21,30H,8-12H2,1-5H3. The Balaban J connectivity index is 2.00. The maximum absolute atomic E-state index is 12.3. The van der Waals surface area contributed by atoms with Crippen LogP contribution in [0, 0.1) is 17.8 Å². The third-order valence-corrected chi connectivity index (χ3v) is 6.98. The number of phenolic OH excluding ortho intramolecular Hbond substituents is 1. The predicted octanol–water partition coefficient (Wildman–Crippen LogP) is 3.69. The number of anilines is 1. The Labute approximate surface area is 185 Å². The summed E-state index contributed by atoms with van der Waals surface area (Å²) in [4.78, 5) is 32.8. The smallest absolute Gasteiger partial charge is 0.198 e. The molecule has 1 aliphatic heterocycles. The van der Waals surface area contributed by atoms with Gasteiger partial charge in [0.1, 0.15) is 5.75 Å². The van der Waals surface area contributed by atoms with Gasteiger partial charge >= 0.3 is 0 Å². The molecule has 1 aromatic carbocycles. The van der Waals surface area contributed by atoms with Crippen LogP contribution in [-0.2, 0) is 16.0 Å². The van der Waals surface area contributed by atoms with Crippen LogP contribution >= 0.6 is 0 Å². The van der Waals surface area contributed by atoms with Crippen molar-refractivity contribution in [3.63, 3.8) is 0 Å². The fourth-order valence-corrected chi connectivity index (χ4v) is 4.75. The van der Waals surface area contributed by atoms with Gasteiger partial charge in [-0.15, -0.1) is 0 Å². The molecule has 2 atom stereocenters. The van der Waals surface area contributed by atoms with E-state index in [0.717, 1.165) is 48.1 Å². The number of phenols is 1. The van der Waals surface area contributed by atoms with E-state index >= 15 is 0 Å². The summed E-state index contributed by atoms with van der Waals surface area (Å²) >= 11 is 0. The Kier molecular flexibility index (Phi) is 7.31. The van der Waals surface area contributed by atoms with Crippen LogP contribution in [0.2, 0.25) is 0 Å². The molecule has 6 nitrogen and oxygen atoms in total. The third-order valence-electron chi connectivity index (χ3n) is 6.98. The lowest BCUT2D eigenvalue weighted by Gasteiger charge is -2.39. The highest BCUT2D eigenvalue weighted by atomic mass is 16.3. The number of rotatable bonds is 8. The predicted molar refractivity (Wildman–Crippen MR) is 125 cm³/mol. The molecule has 0 spiro atoms. The summed E-state index contributed by atoms with van der Waals surface area (Å²) in [5, 5.41) is 11.1. The quantitative estimate of drug-likeness (QED) is 0.514. The maximum Gasteiger partial charge on any atom is 0.198 e. The number of aromatic hydroxyl groups is 1. The molecule has 6 heteroatoms. The van der Waals surface area contributed by atoms with Crippen molar-refractivity contribution < 1.29 is 14.7 Å². The van der Waals surface area contributed by atoms with E-state index in [4.69, 9.17) is 0 Å². The van der Waals surface area contributed by atoms with E-state index in [1.54, 1.807) is 12.1 Å². The van der Waals surface area contributed by atoms with E-state index in [1.165, 1.54) is 0 Å². The van der Waals surface area contributed by atoms with E-state index in [-0.39, 0.29) is 23.4 Å². The molecule has 31 heavy (non-hydrogen) atoms. The molecule has 0 aliphatic carbocycles. The molecule has 2 unspecified atom stereocenters. The second kappa shape index (κ2) is 9.77. The van der Waals surface area contributed by atoms with Gasteiger partial charge in [0.05, 0.1) is 11.2 Å². The first kappa shape index (κ1) is 23.2. The number of hydrogen-bond acceptors (Lipinski definition) is 6. The number of Topliss-reactive ketones (excluding diaryl/α,β-unsaturated/α-hetero) is 1. The second-order valence-corrected chi connectivity index (χ2v) is 9.44. The van der Waals surface area contributed by atoms with E-state index in [0.29, 0.717) is 24.7 Å². The van der Waals surface area contributed by atoms with Crippen molar-refractivity contribution in [3.05, 3.63) is 30.0 Å². The number of piperidine rings is 1. The summed E-state index contributed by atoms with van der Waals surface area (Å²) < 4.78 is 0. The molecule has 0 bridgehead atoms. The number of ketones is 1. The molecule has 0 amide bonds. The highest BCUT2D eigenvalue weighted by molar-refractivity contribution is 6.26. The zero-order valence-corrected chi connectivity index (χ0v) is 19.3. The highest BCUT2D eigenvalue weighted by Crippen LogP contribution is 2.37. The fourth-order valence-electron chi connectivity index (χ4n) is 4.75. The number of nitrogens with zero attached hydrogens (tertiary/aromatic N) is 3. The van der Waals surface area contributed by atoms with Gasteiger partial charge in [-0.3, -0.25) is 14.6 Å². The average molecular weight is 426 g/mol. The number of aldehydes is 1. The van der Waals surface area contributed by atoms with Crippen molar-refractivity contribution in [2.75, 3.05) is 32.1 Å². The summed E-state index contributed by atoms with van der Waals surface area (Å²) in [6.45, 7) is 8.06. The largest absolute Gasteiger partial charge is 0.508 e. The van der Waals surface area contributed by atoms with Crippen molar-refractivity contribution >= 4 is 28.7 Å². The van der Waals surface area contributed by atoms with Crippen LogP contribution in [0.15, 0.2) is 24.4 Å². The zero-order chi connectivity index (χ0) is 22.7. The van der Waals surface area contributed by atoms with Crippen molar-refractivity contribution in [2.45, 2.75) is 46.1 Å². The van der Waals surface area contributed by atoms with Crippen molar-refractivity contribution in [1.82, 2.24) is 9.88 Å². The summed E-state index contributed by atoms with van der Waals surface area (Å²) in [7, 11) is 4.26. The number of pyridine rings is 1. The topological polar surface area (TPSA) is 73.7 Å². The molecule has 1 aromatic heterocycles. The minimum atomic E-state index is -0.376. The van der Waals surface area contributed by atoms with Crippen LogP contribution in [-0.4, -0.2) is 60.3 Å². The first-order valence-electron chi connectivity index (χ1n) is 11.2. The Hall–Kier alpha value is -2.47. The molecule has 3 rings (SSSR count). The molecule has 1 aliphatic rings. The second-order valence-electron chi connectivity index (χ2n) is 9.44. The van der Waals surface area contributed by atoms with E-state index in [1.807, 2.05) is 26.1 Å². The van der Waals surface area contributed by atoms with Crippen LogP contribution in [0.25, 0.3) is 10.9 Å². The van der Waals surface area contributed by atoms with E-state index in [2.05, 4.69) is 35.8 Å². The van der Waals surface area contributed by atoms with Crippen LogP contribution in [0.1, 0.15) is 39.2 Å². The van der Waals surface area contributed by atoms with Crippen LogP contribution in [0.3, 0.4) is 0 Å². The van der Waals surface area contributed by atoms with E-state index < -0.39 is 0 Å². The highest BCUT2D eigenvalue weighted by Gasteiger charge is 2.29. The summed E-state index contributed by atoms with van der Waals surface area (Å²) in [5.41, 5.74) is 2.83. The minimum Gasteiger partial charge on any atom is -0.508 e. The van der Waals surface area contributed by atoms with Gasteiger partial charge < -0.3 is 14.9 Å². The monoisotopic (exact) mass is 425 g/mol. The summed E-state index contributed by atoms with van der Waals surface area (Å²) in [5.74, 6) is 0.149. The molecular formula is C25H35N3O3. The lowest BCUT2D eigenvalue weighted by Crippen LogP contribution is -2.42. The molecular weight excluding hydrogens is 390 g/mol. The molecule has 2 heterocycles. The Morgan fingerprint density at radius 1 is 1.26 bits per heavy atom. The lowest BCUT2D eigenvalue weighted by atomic mass is 9.85. The molecule has 0 saturated carbocycles. The minimum absolute atomic E-state index is 0.0529. The van der Waals surface area contributed by atoms with Gasteiger partial charge in [-0.05, 0) is 75.9 Å². The Bertz CT molecular complexity index is 933. The molecule has 1 saturated heterocycles. The molecule has 1 N–H and O–H groups in total. The van der Waals surface area contributed by atoms with Crippen LogP contribution in [0.4, 0.5) is 5.69 Å². The number of aromatic nitrogens is 1. The van der Waals surface area contributed by atoms with E-state index in [9.17, 15) is 14.7 Å². The van der Waals surface area contributed by atoms with Gasteiger partial charge in [-0.1, -0.05) is 13.8 Å². The number of fused-ring (bicyclic) bond motifs is 1. The van der Waals surface area contributed by atoms with Crippen LogP contribution in [0.5, 0.6) is 5.75 Å². The van der Waals surface area contributed by atoms with Gasteiger partial charge in [0.2, 0.25) is 0 Å². The van der Waals surface area contributed by atoms with Gasteiger partial charge in [-0.25, -0.2) is 0 Å². The zero-order valence-electron chi connectivity index (χ0n) is 19.3. The molecule has 1 fully saturated rings. The van der Waals surface area contributed by atoms with Gasteiger partial charge in [0.25, 0.3) is 0 Å². The van der Waals surface area contributed by atoms with Crippen LogP contribution < -0.4 is 4.90 Å². The average Bonchev–Trinajstić information content (AvgIpc) is 2.75. The molecule has 2 aromatic rings. The SMILES string of the molecule is CC(C)C(Cc1cnc2ccc(O)cc2c1N1CCC(C(C)N(C)C)CC1)C(=O)C=O. The molecule has 168 valence electrons. The normalized spacial score (nSPS) is 17.3. The van der Waals surface area contributed by atoms with Crippen molar-refractivity contribution in [3.8, 4) is 5.75 Å². The summed E-state index contributed by atoms with van der Waals surface area (Å²) in [6, 6.07) is 5.77. The van der Waals surface area contributed by atoms with Crippen molar-refractivity contribution in [2.24, 2.45) is 17.8 Å². The maximum atomic E-state index is 12.3. The molecule has 0 radical (unpaired) electrons. The number of hydrogen-bond donors (Lipinski definition) is 1. The Morgan fingerprint density at radius 3 is 2.52 bits per heavy atom. The third kappa shape index (κ3) is 5.06. The number of carbonyl (C=O) groups is 2.